The Hall–Kier alpha value is -0.830. The van der Waals surface area contributed by atoms with E-state index < -0.39 is 0 Å². The van der Waals surface area contributed by atoms with Gasteiger partial charge in [-0.1, -0.05) is 6.42 Å². The second-order valence-electron chi connectivity index (χ2n) is 5.31. The number of aromatic nitrogens is 2. The lowest BCUT2D eigenvalue weighted by atomic mass is 9.83. The van der Waals surface area contributed by atoms with E-state index in [0.29, 0.717) is 0 Å². The predicted molar refractivity (Wildman–Crippen MR) is 64.4 cm³/mol. The molecule has 2 fully saturated rings. The van der Waals surface area contributed by atoms with Crippen LogP contribution in [0.1, 0.15) is 43.7 Å². The lowest BCUT2D eigenvalue weighted by molar-refractivity contribution is 0.321. The van der Waals surface area contributed by atoms with Gasteiger partial charge in [-0.05, 0) is 44.7 Å². The molecule has 0 spiro atoms. The molecule has 2 aliphatic rings. The predicted octanol–water partition coefficient (Wildman–Crippen LogP) is 2.15. The van der Waals surface area contributed by atoms with Gasteiger partial charge in [0.1, 0.15) is 0 Å². The quantitative estimate of drug-likeness (QED) is 0.844. The van der Waals surface area contributed by atoms with E-state index in [-0.39, 0.29) is 0 Å². The highest BCUT2D eigenvalue weighted by Gasteiger charge is 2.24. The van der Waals surface area contributed by atoms with Crippen molar-refractivity contribution in [2.24, 2.45) is 5.92 Å². The van der Waals surface area contributed by atoms with E-state index in [0.717, 1.165) is 11.8 Å². The Bertz CT molecular complexity index is 335. The first-order chi connectivity index (χ1) is 7.93. The van der Waals surface area contributed by atoms with E-state index in [2.05, 4.69) is 21.1 Å². The van der Waals surface area contributed by atoms with Crippen LogP contribution in [0.15, 0.2) is 12.5 Å². The summed E-state index contributed by atoms with van der Waals surface area (Å²) in [5.74, 6) is 1.61. The summed E-state index contributed by atoms with van der Waals surface area (Å²) >= 11 is 0. The summed E-state index contributed by atoms with van der Waals surface area (Å²) in [4.78, 5) is 4.33. The average Bonchev–Trinajstić information content (AvgIpc) is 2.66. The molecule has 88 valence electrons. The summed E-state index contributed by atoms with van der Waals surface area (Å²) in [5.41, 5.74) is 1.48. The van der Waals surface area contributed by atoms with Crippen molar-refractivity contribution in [1.82, 2.24) is 14.9 Å². The van der Waals surface area contributed by atoms with Crippen LogP contribution in [0.5, 0.6) is 0 Å². The molecule has 16 heavy (non-hydrogen) atoms. The fourth-order valence-electron chi connectivity index (χ4n) is 2.89. The minimum atomic E-state index is 0.805. The van der Waals surface area contributed by atoms with E-state index in [1.807, 2.05) is 6.33 Å². The third-order valence-corrected chi connectivity index (χ3v) is 4.12. The zero-order valence-electron chi connectivity index (χ0n) is 9.86. The molecule has 1 aromatic rings. The van der Waals surface area contributed by atoms with Gasteiger partial charge in [0.2, 0.25) is 0 Å². The molecule has 1 unspecified atom stereocenters. The third kappa shape index (κ3) is 2.01. The zero-order valence-corrected chi connectivity index (χ0v) is 9.86. The second kappa shape index (κ2) is 4.58. The van der Waals surface area contributed by atoms with Crippen molar-refractivity contribution in [3.63, 3.8) is 0 Å². The number of piperidine rings is 1. The first kappa shape index (κ1) is 10.3. The van der Waals surface area contributed by atoms with Crippen LogP contribution in [-0.2, 0) is 6.54 Å². The smallest absolute Gasteiger partial charge is 0.0948 e. The molecule has 1 saturated carbocycles. The zero-order chi connectivity index (χ0) is 10.8. The van der Waals surface area contributed by atoms with Crippen molar-refractivity contribution < 1.29 is 0 Å². The van der Waals surface area contributed by atoms with E-state index in [4.69, 9.17) is 0 Å². The number of hydrogen-bond acceptors (Lipinski definition) is 2. The second-order valence-corrected chi connectivity index (χ2v) is 5.31. The first-order valence-electron chi connectivity index (χ1n) is 6.64. The molecule has 1 aromatic heterocycles. The van der Waals surface area contributed by atoms with Gasteiger partial charge < -0.3 is 9.88 Å². The number of hydrogen-bond donors (Lipinski definition) is 1. The van der Waals surface area contributed by atoms with Gasteiger partial charge in [0.25, 0.3) is 0 Å². The molecule has 0 amide bonds. The molecule has 2 heterocycles. The molecular weight excluding hydrogens is 198 g/mol. The molecule has 3 nitrogen and oxygen atoms in total. The average molecular weight is 219 g/mol. The summed E-state index contributed by atoms with van der Waals surface area (Å²) < 4.78 is 2.40. The largest absolute Gasteiger partial charge is 0.334 e. The topological polar surface area (TPSA) is 29.9 Å². The SMILES string of the molecule is c1ncn(CC2CCCNC2)c1C1CCC1. The first-order valence-corrected chi connectivity index (χ1v) is 6.64. The van der Waals surface area contributed by atoms with Crippen LogP contribution in [0.25, 0.3) is 0 Å². The highest BCUT2D eigenvalue weighted by Crippen LogP contribution is 2.36. The number of imidazole rings is 1. The van der Waals surface area contributed by atoms with Crippen LogP contribution in [0.4, 0.5) is 0 Å². The molecule has 0 radical (unpaired) electrons. The third-order valence-electron chi connectivity index (χ3n) is 4.12. The Kier molecular flexibility index (Phi) is 2.96. The van der Waals surface area contributed by atoms with Gasteiger partial charge in [-0.3, -0.25) is 0 Å². The van der Waals surface area contributed by atoms with Gasteiger partial charge in [0, 0.05) is 24.4 Å². The molecule has 3 heteroatoms. The van der Waals surface area contributed by atoms with E-state index in [1.165, 1.54) is 57.4 Å². The monoisotopic (exact) mass is 219 g/mol. The normalized spacial score (nSPS) is 26.6. The van der Waals surface area contributed by atoms with Crippen molar-refractivity contribution >= 4 is 0 Å². The number of nitrogens with one attached hydrogen (secondary N) is 1. The molecule has 1 saturated heterocycles. The summed E-state index contributed by atoms with van der Waals surface area (Å²) in [6, 6.07) is 0. The number of nitrogens with zero attached hydrogens (tertiary/aromatic N) is 2. The maximum Gasteiger partial charge on any atom is 0.0948 e. The molecule has 1 aliphatic heterocycles. The van der Waals surface area contributed by atoms with Gasteiger partial charge in [0.05, 0.1) is 6.33 Å². The van der Waals surface area contributed by atoms with E-state index in [9.17, 15) is 0 Å². The van der Waals surface area contributed by atoms with Crippen LogP contribution in [0.3, 0.4) is 0 Å². The van der Waals surface area contributed by atoms with Gasteiger partial charge in [-0.2, -0.15) is 0 Å². The molecule has 0 aromatic carbocycles. The van der Waals surface area contributed by atoms with Gasteiger partial charge >= 0.3 is 0 Å². The summed E-state index contributed by atoms with van der Waals surface area (Å²) in [6.07, 6.45) is 11.0. The minimum Gasteiger partial charge on any atom is -0.334 e. The van der Waals surface area contributed by atoms with Crippen LogP contribution >= 0.6 is 0 Å². The maximum absolute atomic E-state index is 4.33. The van der Waals surface area contributed by atoms with Crippen LogP contribution in [0, 0.1) is 5.92 Å². The standard InChI is InChI=1S/C13H21N3/c1-4-12(5-1)13-8-15-10-16(13)9-11-3-2-6-14-7-11/h8,10-12,14H,1-7,9H2. The van der Waals surface area contributed by atoms with Crippen molar-refractivity contribution in [2.45, 2.75) is 44.6 Å². The van der Waals surface area contributed by atoms with Crippen LogP contribution in [0.2, 0.25) is 0 Å². The highest BCUT2D eigenvalue weighted by atomic mass is 15.1. The molecule has 0 bridgehead atoms. The maximum atomic E-state index is 4.33. The Balaban J connectivity index is 1.66. The molecule has 3 rings (SSSR count). The van der Waals surface area contributed by atoms with E-state index >= 15 is 0 Å². The van der Waals surface area contributed by atoms with Crippen molar-refractivity contribution in [2.75, 3.05) is 13.1 Å². The van der Waals surface area contributed by atoms with Crippen molar-refractivity contribution in [3.8, 4) is 0 Å². The van der Waals surface area contributed by atoms with E-state index in [1.54, 1.807) is 0 Å². The molecule has 1 atom stereocenters. The van der Waals surface area contributed by atoms with Gasteiger partial charge in [0.15, 0.2) is 0 Å². The molecular formula is C13H21N3. The van der Waals surface area contributed by atoms with Gasteiger partial charge in [-0.25, -0.2) is 4.98 Å². The van der Waals surface area contributed by atoms with Crippen molar-refractivity contribution in [1.29, 1.82) is 0 Å². The lowest BCUT2D eigenvalue weighted by Gasteiger charge is -2.29. The Morgan fingerprint density at radius 1 is 1.31 bits per heavy atom. The van der Waals surface area contributed by atoms with Crippen LogP contribution in [-0.4, -0.2) is 22.6 Å². The minimum absolute atomic E-state index is 0.805. The summed E-state index contributed by atoms with van der Waals surface area (Å²) in [6.45, 7) is 3.55. The Morgan fingerprint density at radius 3 is 2.94 bits per heavy atom. The molecule has 1 aliphatic carbocycles. The summed E-state index contributed by atoms with van der Waals surface area (Å²) in [7, 11) is 0. The fraction of sp³-hybridized carbons (Fsp3) is 0.769. The fourth-order valence-corrected chi connectivity index (χ4v) is 2.89. The number of rotatable bonds is 3. The van der Waals surface area contributed by atoms with Crippen molar-refractivity contribution in [3.05, 3.63) is 18.2 Å². The van der Waals surface area contributed by atoms with Crippen LogP contribution < -0.4 is 5.32 Å². The Morgan fingerprint density at radius 2 is 2.25 bits per heavy atom. The lowest BCUT2D eigenvalue weighted by Crippen LogP contribution is -2.32. The van der Waals surface area contributed by atoms with Gasteiger partial charge in [-0.15, -0.1) is 0 Å². The molecule has 1 N–H and O–H groups in total. The summed E-state index contributed by atoms with van der Waals surface area (Å²) in [5, 5.41) is 3.49. The highest BCUT2D eigenvalue weighted by molar-refractivity contribution is 5.09. The Labute approximate surface area is 97.3 Å².